The SMILES string of the molecule is CN1CCC(Cc2ccc(Br)cc2)C1. The molecule has 1 aromatic rings. The zero-order chi connectivity index (χ0) is 9.97. The Morgan fingerprint density at radius 2 is 2.07 bits per heavy atom. The molecule has 1 unspecified atom stereocenters. The second-order valence-corrected chi connectivity index (χ2v) is 5.16. The summed E-state index contributed by atoms with van der Waals surface area (Å²) in [5, 5.41) is 0. The predicted molar refractivity (Wildman–Crippen MR) is 63.5 cm³/mol. The first-order valence-electron chi connectivity index (χ1n) is 5.17. The lowest BCUT2D eigenvalue weighted by Crippen LogP contribution is -2.14. The van der Waals surface area contributed by atoms with E-state index in [9.17, 15) is 0 Å². The van der Waals surface area contributed by atoms with Crippen molar-refractivity contribution in [2.75, 3.05) is 20.1 Å². The Hall–Kier alpha value is -0.340. The zero-order valence-electron chi connectivity index (χ0n) is 8.54. The van der Waals surface area contributed by atoms with Crippen LogP contribution < -0.4 is 0 Å². The second-order valence-electron chi connectivity index (χ2n) is 4.25. The van der Waals surface area contributed by atoms with Crippen molar-refractivity contribution in [1.29, 1.82) is 0 Å². The summed E-state index contributed by atoms with van der Waals surface area (Å²) in [6.45, 7) is 2.53. The van der Waals surface area contributed by atoms with E-state index in [4.69, 9.17) is 0 Å². The van der Waals surface area contributed by atoms with Crippen LogP contribution in [0.25, 0.3) is 0 Å². The summed E-state index contributed by atoms with van der Waals surface area (Å²) in [6.07, 6.45) is 2.59. The van der Waals surface area contributed by atoms with Gasteiger partial charge >= 0.3 is 0 Å². The normalized spacial score (nSPS) is 22.9. The first-order chi connectivity index (χ1) is 6.74. The Kier molecular flexibility index (Phi) is 3.24. The van der Waals surface area contributed by atoms with Gasteiger partial charge in [0, 0.05) is 11.0 Å². The molecular formula is C12H16BrN. The van der Waals surface area contributed by atoms with Gasteiger partial charge in [-0.3, -0.25) is 0 Å². The number of benzene rings is 1. The van der Waals surface area contributed by atoms with Gasteiger partial charge in [0.05, 0.1) is 0 Å². The van der Waals surface area contributed by atoms with Gasteiger partial charge in [0.1, 0.15) is 0 Å². The van der Waals surface area contributed by atoms with Crippen LogP contribution in [0, 0.1) is 5.92 Å². The number of nitrogens with zero attached hydrogens (tertiary/aromatic N) is 1. The Balaban J connectivity index is 1.94. The van der Waals surface area contributed by atoms with E-state index in [2.05, 4.69) is 52.1 Å². The highest BCUT2D eigenvalue weighted by Crippen LogP contribution is 2.20. The molecule has 1 heterocycles. The summed E-state index contributed by atoms with van der Waals surface area (Å²) < 4.78 is 1.17. The van der Waals surface area contributed by atoms with E-state index in [-0.39, 0.29) is 0 Å². The molecule has 1 aromatic carbocycles. The van der Waals surface area contributed by atoms with Crippen LogP contribution in [0.3, 0.4) is 0 Å². The van der Waals surface area contributed by atoms with Crippen LogP contribution in [0.15, 0.2) is 28.7 Å². The molecule has 2 heteroatoms. The maximum Gasteiger partial charge on any atom is 0.0175 e. The molecule has 0 saturated carbocycles. The fraction of sp³-hybridized carbons (Fsp3) is 0.500. The molecule has 1 fully saturated rings. The summed E-state index contributed by atoms with van der Waals surface area (Å²) >= 11 is 3.46. The molecule has 1 saturated heterocycles. The zero-order valence-corrected chi connectivity index (χ0v) is 10.1. The summed E-state index contributed by atoms with van der Waals surface area (Å²) in [6, 6.07) is 8.72. The number of rotatable bonds is 2. The molecule has 2 rings (SSSR count). The fourth-order valence-corrected chi connectivity index (χ4v) is 2.41. The van der Waals surface area contributed by atoms with Crippen LogP contribution in [-0.2, 0) is 6.42 Å². The summed E-state index contributed by atoms with van der Waals surface area (Å²) in [4.78, 5) is 2.42. The van der Waals surface area contributed by atoms with Crippen molar-refractivity contribution in [1.82, 2.24) is 4.90 Å². The van der Waals surface area contributed by atoms with Gasteiger partial charge in [0.2, 0.25) is 0 Å². The lowest BCUT2D eigenvalue weighted by molar-refractivity contribution is 0.394. The molecule has 1 atom stereocenters. The summed E-state index contributed by atoms with van der Waals surface area (Å²) in [7, 11) is 2.21. The molecule has 1 nitrogen and oxygen atoms in total. The number of hydrogen-bond donors (Lipinski definition) is 0. The molecule has 76 valence electrons. The van der Waals surface area contributed by atoms with E-state index >= 15 is 0 Å². The average molecular weight is 254 g/mol. The van der Waals surface area contributed by atoms with Crippen molar-refractivity contribution in [3.63, 3.8) is 0 Å². The number of hydrogen-bond acceptors (Lipinski definition) is 1. The van der Waals surface area contributed by atoms with Crippen LogP contribution >= 0.6 is 15.9 Å². The molecule has 14 heavy (non-hydrogen) atoms. The maximum absolute atomic E-state index is 3.46. The quantitative estimate of drug-likeness (QED) is 0.784. The first-order valence-corrected chi connectivity index (χ1v) is 5.96. The van der Waals surface area contributed by atoms with E-state index in [0.29, 0.717) is 0 Å². The molecule has 0 spiro atoms. The molecule has 0 radical (unpaired) electrons. The minimum absolute atomic E-state index is 0.862. The van der Waals surface area contributed by atoms with Crippen LogP contribution in [-0.4, -0.2) is 25.0 Å². The van der Waals surface area contributed by atoms with Gasteiger partial charge in [-0.25, -0.2) is 0 Å². The van der Waals surface area contributed by atoms with Crippen LogP contribution in [0.1, 0.15) is 12.0 Å². The van der Waals surface area contributed by atoms with Crippen molar-refractivity contribution in [3.05, 3.63) is 34.3 Å². The van der Waals surface area contributed by atoms with Crippen LogP contribution in [0.2, 0.25) is 0 Å². The Labute approximate surface area is 94.2 Å². The molecule has 1 aliphatic rings. The minimum Gasteiger partial charge on any atom is -0.306 e. The Bertz CT molecular complexity index is 294. The third-order valence-electron chi connectivity index (χ3n) is 2.93. The summed E-state index contributed by atoms with van der Waals surface area (Å²) in [5.74, 6) is 0.862. The number of halogens is 1. The van der Waals surface area contributed by atoms with Gasteiger partial charge in [0.25, 0.3) is 0 Å². The van der Waals surface area contributed by atoms with Crippen molar-refractivity contribution >= 4 is 15.9 Å². The number of likely N-dealkylation sites (tertiary alicyclic amines) is 1. The Morgan fingerprint density at radius 3 is 2.64 bits per heavy atom. The molecule has 0 aliphatic carbocycles. The monoisotopic (exact) mass is 253 g/mol. The van der Waals surface area contributed by atoms with Gasteiger partial charge in [-0.1, -0.05) is 28.1 Å². The highest BCUT2D eigenvalue weighted by molar-refractivity contribution is 9.10. The van der Waals surface area contributed by atoms with Crippen molar-refractivity contribution in [2.45, 2.75) is 12.8 Å². The predicted octanol–water partition coefficient (Wildman–Crippen LogP) is 2.94. The molecule has 0 N–H and O–H groups in total. The highest BCUT2D eigenvalue weighted by Gasteiger charge is 2.19. The first kappa shape index (κ1) is 10.2. The lowest BCUT2D eigenvalue weighted by atomic mass is 9.99. The second kappa shape index (κ2) is 4.45. The van der Waals surface area contributed by atoms with Crippen LogP contribution in [0.5, 0.6) is 0 Å². The minimum atomic E-state index is 0.862. The van der Waals surface area contributed by atoms with Crippen molar-refractivity contribution < 1.29 is 0 Å². The van der Waals surface area contributed by atoms with Gasteiger partial charge < -0.3 is 4.90 Å². The molecular weight excluding hydrogens is 238 g/mol. The van der Waals surface area contributed by atoms with Crippen molar-refractivity contribution in [3.8, 4) is 0 Å². The Morgan fingerprint density at radius 1 is 1.36 bits per heavy atom. The van der Waals surface area contributed by atoms with Gasteiger partial charge in [-0.2, -0.15) is 0 Å². The third kappa shape index (κ3) is 2.58. The van der Waals surface area contributed by atoms with E-state index in [1.807, 2.05) is 0 Å². The smallest absolute Gasteiger partial charge is 0.0175 e. The van der Waals surface area contributed by atoms with E-state index in [0.717, 1.165) is 5.92 Å². The fourth-order valence-electron chi connectivity index (χ4n) is 2.15. The maximum atomic E-state index is 3.46. The van der Waals surface area contributed by atoms with E-state index in [1.54, 1.807) is 0 Å². The molecule has 1 aliphatic heterocycles. The lowest BCUT2D eigenvalue weighted by Gasteiger charge is -2.10. The van der Waals surface area contributed by atoms with Gasteiger partial charge in [0.15, 0.2) is 0 Å². The van der Waals surface area contributed by atoms with Crippen molar-refractivity contribution in [2.24, 2.45) is 5.92 Å². The van der Waals surface area contributed by atoms with Gasteiger partial charge in [-0.05, 0) is 50.0 Å². The average Bonchev–Trinajstić information content (AvgIpc) is 2.56. The third-order valence-corrected chi connectivity index (χ3v) is 3.46. The summed E-state index contributed by atoms with van der Waals surface area (Å²) in [5.41, 5.74) is 1.47. The molecule has 0 amide bonds. The molecule has 0 aromatic heterocycles. The highest BCUT2D eigenvalue weighted by atomic mass is 79.9. The molecule has 0 bridgehead atoms. The van der Waals surface area contributed by atoms with E-state index < -0.39 is 0 Å². The van der Waals surface area contributed by atoms with Crippen LogP contribution in [0.4, 0.5) is 0 Å². The topological polar surface area (TPSA) is 3.24 Å². The largest absolute Gasteiger partial charge is 0.306 e. The van der Waals surface area contributed by atoms with E-state index in [1.165, 1.54) is 36.0 Å². The van der Waals surface area contributed by atoms with Gasteiger partial charge in [-0.15, -0.1) is 0 Å². The standard InChI is InChI=1S/C12H16BrN/c1-14-7-6-11(9-14)8-10-2-4-12(13)5-3-10/h2-5,11H,6-9H2,1H3.